The molecule has 40 heavy (non-hydrogen) atoms. The number of rotatable bonds is 14. The number of hydrogen-bond donors (Lipinski definition) is 1. The first kappa shape index (κ1) is 31.2. The van der Waals surface area contributed by atoms with Gasteiger partial charge in [-0.3, -0.25) is 19.3 Å². The Bertz CT molecular complexity index is 957. The molecule has 0 aromatic carbocycles. The lowest BCUT2D eigenvalue weighted by Gasteiger charge is -2.39. The molecule has 3 unspecified atom stereocenters. The number of ether oxygens (including phenoxy) is 2. The van der Waals surface area contributed by atoms with Crippen LogP contribution in [0.5, 0.6) is 0 Å². The average molecular weight is 626 g/mol. The minimum atomic E-state index is -1.15. The second-order valence-corrected chi connectivity index (χ2v) is 12.4. The van der Waals surface area contributed by atoms with Gasteiger partial charge >= 0.3 is 0 Å². The van der Waals surface area contributed by atoms with Crippen molar-refractivity contribution < 1.29 is 29.0 Å². The summed E-state index contributed by atoms with van der Waals surface area (Å²) in [6, 6.07) is -1.49. The topological polar surface area (TPSA) is 103 Å². The maximum absolute atomic E-state index is 14.5. The Morgan fingerprint density at radius 1 is 1.15 bits per heavy atom. The number of likely N-dealkylation sites (tertiary alicyclic amines) is 1. The SMILES string of the molecule is C=CCN(CCN1CCOCC1)C(=O)C1N([C@@H](CC)CO)C(=O)[C@@H]2[C@H](C(=O)N(CC=C)CCC)[C@H]3OC12CC3Br. The molecule has 4 saturated heterocycles. The lowest BCUT2D eigenvalue weighted by Crippen LogP contribution is -2.59. The molecule has 4 rings (SSSR count). The smallest absolute Gasteiger partial charge is 0.248 e. The number of fused-ring (bicyclic) bond motifs is 1. The molecular formula is C29H45BrN4O6. The van der Waals surface area contributed by atoms with Crippen molar-refractivity contribution in [3.63, 3.8) is 0 Å². The minimum absolute atomic E-state index is 0.142. The molecule has 4 fully saturated rings. The fraction of sp³-hybridized carbons (Fsp3) is 0.759. The highest BCUT2D eigenvalue weighted by Crippen LogP contribution is 2.60. The Hall–Kier alpha value is -1.79. The summed E-state index contributed by atoms with van der Waals surface area (Å²) in [5.74, 6) is -2.14. The molecule has 224 valence electrons. The Kier molecular flexibility index (Phi) is 10.5. The number of carbonyl (C=O) groups is 3. The quantitative estimate of drug-likeness (QED) is 0.229. The third-order valence-electron chi connectivity index (χ3n) is 8.93. The van der Waals surface area contributed by atoms with Crippen molar-refractivity contribution in [2.75, 3.05) is 65.6 Å². The summed E-state index contributed by atoms with van der Waals surface area (Å²) in [5, 5.41) is 10.3. The van der Waals surface area contributed by atoms with Gasteiger partial charge in [-0.05, 0) is 19.3 Å². The molecule has 2 bridgehead atoms. The second-order valence-electron chi connectivity index (χ2n) is 11.3. The van der Waals surface area contributed by atoms with Crippen LogP contribution in [0.2, 0.25) is 0 Å². The van der Waals surface area contributed by atoms with E-state index in [1.165, 1.54) is 0 Å². The van der Waals surface area contributed by atoms with Gasteiger partial charge in [0.25, 0.3) is 0 Å². The van der Waals surface area contributed by atoms with E-state index < -0.39 is 35.6 Å². The van der Waals surface area contributed by atoms with Gasteiger partial charge in [0.05, 0.1) is 43.8 Å². The highest BCUT2D eigenvalue weighted by Gasteiger charge is 2.77. The van der Waals surface area contributed by atoms with Crippen LogP contribution in [0.1, 0.15) is 33.1 Å². The van der Waals surface area contributed by atoms with Crippen LogP contribution in [0.4, 0.5) is 0 Å². The second kappa shape index (κ2) is 13.5. The van der Waals surface area contributed by atoms with Crippen molar-refractivity contribution in [3.05, 3.63) is 25.3 Å². The van der Waals surface area contributed by atoms with Crippen LogP contribution in [0.15, 0.2) is 25.3 Å². The summed E-state index contributed by atoms with van der Waals surface area (Å²) in [7, 11) is 0. The molecule has 0 radical (unpaired) electrons. The number of aliphatic hydroxyl groups is 1. The number of carbonyl (C=O) groups excluding carboxylic acids is 3. The van der Waals surface area contributed by atoms with Gasteiger partial charge < -0.3 is 29.3 Å². The predicted octanol–water partition coefficient (Wildman–Crippen LogP) is 1.28. The third-order valence-corrected chi connectivity index (χ3v) is 9.77. The molecule has 4 heterocycles. The molecule has 11 heteroatoms. The molecule has 0 aliphatic carbocycles. The molecule has 7 atom stereocenters. The van der Waals surface area contributed by atoms with Gasteiger partial charge in [0.1, 0.15) is 11.6 Å². The lowest BCUT2D eigenvalue weighted by molar-refractivity contribution is -0.152. The molecule has 4 aliphatic heterocycles. The van der Waals surface area contributed by atoms with Crippen LogP contribution in [-0.4, -0.2) is 137 Å². The van der Waals surface area contributed by atoms with Crippen molar-refractivity contribution >= 4 is 33.7 Å². The van der Waals surface area contributed by atoms with E-state index in [0.29, 0.717) is 58.8 Å². The zero-order valence-electron chi connectivity index (χ0n) is 23.9. The number of aliphatic hydroxyl groups excluding tert-OH is 1. The number of amides is 3. The standard InChI is InChI=1S/C29H45BrN4O6/c1-5-9-32(10-6-2)26(36)22-23-27(37)34(20(8-4)19-35)25(29(23)18-21(30)24(22)40-29)28(38)33(11-7-3)13-12-31-14-16-39-17-15-31/h5,7,20-25,35H,1,3,6,8-19H2,2,4H3/t20-,21?,22-,23-,24-,25?,29?/m0/s1. The zero-order chi connectivity index (χ0) is 29.0. The van der Waals surface area contributed by atoms with Gasteiger partial charge in [-0.15, -0.1) is 13.2 Å². The lowest BCUT2D eigenvalue weighted by atomic mass is 9.70. The van der Waals surface area contributed by atoms with Crippen molar-refractivity contribution in [2.24, 2.45) is 11.8 Å². The monoisotopic (exact) mass is 624 g/mol. The molecule has 1 N–H and O–H groups in total. The van der Waals surface area contributed by atoms with Crippen LogP contribution in [0, 0.1) is 11.8 Å². The number of hydrogen-bond acceptors (Lipinski definition) is 7. The number of alkyl halides is 1. The first-order valence-electron chi connectivity index (χ1n) is 14.6. The molecule has 0 aromatic heterocycles. The molecule has 0 saturated carbocycles. The molecule has 3 amide bonds. The first-order valence-corrected chi connectivity index (χ1v) is 15.5. The van der Waals surface area contributed by atoms with E-state index in [0.717, 1.165) is 19.5 Å². The summed E-state index contributed by atoms with van der Waals surface area (Å²) < 4.78 is 12.1. The maximum atomic E-state index is 14.5. The Balaban J connectivity index is 1.70. The highest BCUT2D eigenvalue weighted by molar-refractivity contribution is 9.09. The summed E-state index contributed by atoms with van der Waals surface area (Å²) in [6.07, 6.45) is 4.56. The van der Waals surface area contributed by atoms with Gasteiger partial charge in [0.2, 0.25) is 17.7 Å². The van der Waals surface area contributed by atoms with Crippen LogP contribution in [-0.2, 0) is 23.9 Å². The van der Waals surface area contributed by atoms with Gasteiger partial charge in [-0.2, -0.15) is 0 Å². The van der Waals surface area contributed by atoms with Gasteiger partial charge in [0.15, 0.2) is 0 Å². The van der Waals surface area contributed by atoms with E-state index in [2.05, 4.69) is 34.0 Å². The number of nitrogens with zero attached hydrogens (tertiary/aromatic N) is 4. The van der Waals surface area contributed by atoms with Gasteiger partial charge in [0, 0.05) is 50.6 Å². The van der Waals surface area contributed by atoms with Crippen molar-refractivity contribution in [1.82, 2.24) is 19.6 Å². The van der Waals surface area contributed by atoms with E-state index in [9.17, 15) is 19.5 Å². The molecule has 0 aromatic rings. The molecule has 4 aliphatic rings. The van der Waals surface area contributed by atoms with Crippen LogP contribution in [0.3, 0.4) is 0 Å². The molecular weight excluding hydrogens is 580 g/mol. The van der Waals surface area contributed by atoms with Gasteiger partial charge in [-0.25, -0.2) is 0 Å². The van der Waals surface area contributed by atoms with E-state index >= 15 is 0 Å². The minimum Gasteiger partial charge on any atom is -0.394 e. The number of halogens is 1. The summed E-state index contributed by atoms with van der Waals surface area (Å²) >= 11 is 3.75. The third kappa shape index (κ3) is 5.52. The Labute approximate surface area is 246 Å². The first-order chi connectivity index (χ1) is 19.3. The fourth-order valence-corrected chi connectivity index (χ4v) is 8.01. The highest BCUT2D eigenvalue weighted by atomic mass is 79.9. The van der Waals surface area contributed by atoms with E-state index in [4.69, 9.17) is 9.47 Å². The van der Waals surface area contributed by atoms with Crippen molar-refractivity contribution in [3.8, 4) is 0 Å². The van der Waals surface area contributed by atoms with Crippen LogP contribution < -0.4 is 0 Å². The predicted molar refractivity (Wildman–Crippen MR) is 155 cm³/mol. The van der Waals surface area contributed by atoms with E-state index in [-0.39, 0.29) is 29.2 Å². The van der Waals surface area contributed by atoms with Crippen molar-refractivity contribution in [2.45, 2.75) is 61.7 Å². The maximum Gasteiger partial charge on any atom is 0.248 e. The Morgan fingerprint density at radius 3 is 2.38 bits per heavy atom. The van der Waals surface area contributed by atoms with E-state index in [1.807, 2.05) is 13.8 Å². The average Bonchev–Trinajstić information content (AvgIpc) is 3.55. The zero-order valence-corrected chi connectivity index (χ0v) is 25.5. The molecule has 1 spiro atoms. The van der Waals surface area contributed by atoms with Gasteiger partial charge in [-0.1, -0.05) is 41.9 Å². The number of morpholine rings is 1. The normalized spacial score (nSPS) is 32.1. The van der Waals surface area contributed by atoms with Crippen LogP contribution >= 0.6 is 15.9 Å². The van der Waals surface area contributed by atoms with Crippen LogP contribution in [0.25, 0.3) is 0 Å². The summed E-state index contributed by atoms with van der Waals surface area (Å²) in [6.45, 7) is 16.6. The summed E-state index contributed by atoms with van der Waals surface area (Å²) in [5.41, 5.74) is -1.15. The van der Waals surface area contributed by atoms with E-state index in [1.54, 1.807) is 26.9 Å². The largest absolute Gasteiger partial charge is 0.394 e. The Morgan fingerprint density at radius 2 is 1.80 bits per heavy atom. The summed E-state index contributed by atoms with van der Waals surface area (Å²) in [4.78, 5) is 49.9. The fourth-order valence-electron chi connectivity index (χ4n) is 7.07. The molecule has 10 nitrogen and oxygen atoms in total. The van der Waals surface area contributed by atoms with Crippen molar-refractivity contribution in [1.29, 1.82) is 0 Å².